The van der Waals surface area contributed by atoms with Gasteiger partial charge in [-0.05, 0) is 37.8 Å². The topological polar surface area (TPSA) is 69.2 Å². The smallest absolute Gasteiger partial charge is 0.219 e. The summed E-state index contributed by atoms with van der Waals surface area (Å²) >= 11 is 0. The molecule has 0 spiro atoms. The molecule has 0 bridgehead atoms. The van der Waals surface area contributed by atoms with Crippen LogP contribution in [-0.2, 0) is 11.3 Å². The molecule has 1 aromatic carbocycles. The van der Waals surface area contributed by atoms with Crippen LogP contribution in [0.15, 0.2) is 23.2 Å². The van der Waals surface area contributed by atoms with Gasteiger partial charge >= 0.3 is 0 Å². The van der Waals surface area contributed by atoms with E-state index in [0.29, 0.717) is 12.5 Å². The van der Waals surface area contributed by atoms with Gasteiger partial charge in [0.2, 0.25) is 5.91 Å². The summed E-state index contributed by atoms with van der Waals surface area (Å²) in [6, 6.07) is 6.36. The third-order valence-electron chi connectivity index (χ3n) is 5.56. The van der Waals surface area contributed by atoms with Crippen LogP contribution < -0.4 is 15.4 Å². The number of hydrogen-bond acceptors (Lipinski definition) is 4. The van der Waals surface area contributed by atoms with E-state index in [1.807, 2.05) is 4.90 Å². The Balaban J connectivity index is 0.00000512. The van der Waals surface area contributed by atoms with Crippen LogP contribution in [0.3, 0.4) is 0 Å². The third kappa shape index (κ3) is 9.94. The second-order valence-corrected chi connectivity index (χ2v) is 8.87. The van der Waals surface area contributed by atoms with Crippen LogP contribution in [0.25, 0.3) is 0 Å². The Morgan fingerprint density at radius 2 is 1.84 bits per heavy atom. The first-order valence-electron chi connectivity index (χ1n) is 11.5. The lowest BCUT2D eigenvalue weighted by atomic mass is 10.1. The van der Waals surface area contributed by atoms with Gasteiger partial charge in [0.1, 0.15) is 5.75 Å². The number of halogens is 1. The Morgan fingerprint density at radius 1 is 1.16 bits per heavy atom. The van der Waals surface area contributed by atoms with Crippen molar-refractivity contribution in [3.05, 3.63) is 29.3 Å². The first kappa shape index (κ1) is 28.5. The van der Waals surface area contributed by atoms with E-state index in [-0.39, 0.29) is 36.0 Å². The van der Waals surface area contributed by atoms with Crippen molar-refractivity contribution in [1.29, 1.82) is 0 Å². The molecular weight excluding hydrogens is 517 g/mol. The zero-order valence-corrected chi connectivity index (χ0v) is 22.9. The number of carbonyl (C=O) groups excluding carboxylic acids is 1. The molecule has 1 atom stereocenters. The van der Waals surface area contributed by atoms with Crippen LogP contribution in [0.5, 0.6) is 5.75 Å². The molecule has 32 heavy (non-hydrogen) atoms. The van der Waals surface area contributed by atoms with Gasteiger partial charge in [0.25, 0.3) is 0 Å². The van der Waals surface area contributed by atoms with Crippen molar-refractivity contribution in [3.63, 3.8) is 0 Å². The van der Waals surface area contributed by atoms with E-state index in [4.69, 9.17) is 4.74 Å². The number of hydrogen-bond donors (Lipinski definition) is 2. The Morgan fingerprint density at radius 3 is 2.44 bits per heavy atom. The molecule has 0 aliphatic carbocycles. The lowest BCUT2D eigenvalue weighted by Gasteiger charge is -2.34. The number of benzene rings is 1. The second kappa shape index (κ2) is 14.6. The van der Waals surface area contributed by atoms with Gasteiger partial charge in [-0.1, -0.05) is 26.0 Å². The molecule has 0 saturated carbocycles. The summed E-state index contributed by atoms with van der Waals surface area (Å²) in [5, 5.41) is 6.80. The standard InChI is InChI=1S/C24H41N5O2.HI/c1-18(2)15-20(4)31-23-16-19(3)7-8-22(23)17-27-24(25-6)26-9-10-28-11-13-29(14-12-28)21(5)30;/h7-8,16,18,20H,9-15,17H2,1-6H3,(H2,25,26,27);1H. The quantitative estimate of drug-likeness (QED) is 0.276. The fourth-order valence-corrected chi connectivity index (χ4v) is 3.86. The zero-order chi connectivity index (χ0) is 22.8. The average molecular weight is 560 g/mol. The van der Waals surface area contributed by atoms with Crippen molar-refractivity contribution in [2.24, 2.45) is 10.9 Å². The van der Waals surface area contributed by atoms with Crippen LogP contribution in [0.1, 0.15) is 45.2 Å². The molecule has 0 radical (unpaired) electrons. The van der Waals surface area contributed by atoms with E-state index in [1.54, 1.807) is 14.0 Å². The minimum atomic E-state index is 0. The van der Waals surface area contributed by atoms with Gasteiger partial charge in [-0.25, -0.2) is 0 Å². The number of nitrogens with one attached hydrogen (secondary N) is 2. The highest BCUT2D eigenvalue weighted by atomic mass is 127. The van der Waals surface area contributed by atoms with Crippen molar-refractivity contribution in [2.45, 2.75) is 53.7 Å². The Kier molecular flexibility index (Phi) is 13.0. The molecule has 1 amide bonds. The summed E-state index contributed by atoms with van der Waals surface area (Å²) in [7, 11) is 1.79. The number of amides is 1. The summed E-state index contributed by atoms with van der Waals surface area (Å²) in [5.41, 5.74) is 2.33. The fraction of sp³-hybridized carbons (Fsp3) is 0.667. The molecule has 2 N–H and O–H groups in total. The fourth-order valence-electron chi connectivity index (χ4n) is 3.86. The average Bonchev–Trinajstić information content (AvgIpc) is 2.71. The molecule has 0 aromatic heterocycles. The van der Waals surface area contributed by atoms with Crippen LogP contribution in [0.2, 0.25) is 0 Å². The van der Waals surface area contributed by atoms with Crippen molar-refractivity contribution < 1.29 is 9.53 Å². The first-order chi connectivity index (χ1) is 14.8. The molecule has 182 valence electrons. The molecule has 1 aliphatic heterocycles. The monoisotopic (exact) mass is 559 g/mol. The van der Waals surface area contributed by atoms with Gasteiger partial charge in [0, 0.05) is 65.3 Å². The minimum Gasteiger partial charge on any atom is -0.490 e. The van der Waals surface area contributed by atoms with Crippen molar-refractivity contribution in [1.82, 2.24) is 20.4 Å². The number of ether oxygens (including phenoxy) is 1. The number of guanidine groups is 1. The lowest BCUT2D eigenvalue weighted by molar-refractivity contribution is -0.130. The predicted molar refractivity (Wildman–Crippen MR) is 143 cm³/mol. The van der Waals surface area contributed by atoms with E-state index in [1.165, 1.54) is 5.56 Å². The SMILES string of the molecule is CN=C(NCCN1CCN(C(C)=O)CC1)NCc1ccc(C)cc1OC(C)CC(C)C.I. The van der Waals surface area contributed by atoms with E-state index >= 15 is 0 Å². The van der Waals surface area contributed by atoms with Gasteiger partial charge in [-0.15, -0.1) is 24.0 Å². The van der Waals surface area contributed by atoms with Crippen molar-refractivity contribution >= 4 is 35.8 Å². The summed E-state index contributed by atoms with van der Waals surface area (Å²) < 4.78 is 6.25. The highest BCUT2D eigenvalue weighted by molar-refractivity contribution is 14.0. The lowest BCUT2D eigenvalue weighted by Crippen LogP contribution is -2.50. The Bertz CT molecular complexity index is 733. The van der Waals surface area contributed by atoms with E-state index < -0.39 is 0 Å². The normalized spacial score (nSPS) is 15.8. The molecule has 1 unspecified atom stereocenters. The van der Waals surface area contributed by atoms with Gasteiger partial charge in [-0.2, -0.15) is 0 Å². The minimum absolute atomic E-state index is 0. The molecule has 2 rings (SSSR count). The van der Waals surface area contributed by atoms with Gasteiger partial charge in [-0.3, -0.25) is 14.7 Å². The third-order valence-corrected chi connectivity index (χ3v) is 5.56. The number of aryl methyl sites for hydroxylation is 1. The molecule has 1 aliphatic rings. The molecule has 1 heterocycles. The van der Waals surface area contributed by atoms with Crippen LogP contribution in [0, 0.1) is 12.8 Å². The Labute approximate surface area is 211 Å². The Hall–Kier alpha value is -1.55. The van der Waals surface area contributed by atoms with Crippen LogP contribution in [-0.4, -0.2) is 74.1 Å². The number of rotatable bonds is 9. The molecule has 8 heteroatoms. The second-order valence-electron chi connectivity index (χ2n) is 8.87. The molecule has 1 aromatic rings. The number of carbonyl (C=O) groups is 1. The number of nitrogens with zero attached hydrogens (tertiary/aromatic N) is 3. The molecule has 7 nitrogen and oxygen atoms in total. The van der Waals surface area contributed by atoms with Gasteiger partial charge in [0.05, 0.1) is 6.10 Å². The van der Waals surface area contributed by atoms with E-state index in [2.05, 4.69) is 66.4 Å². The molecule has 1 saturated heterocycles. The van der Waals surface area contributed by atoms with E-state index in [0.717, 1.165) is 63.0 Å². The zero-order valence-electron chi connectivity index (χ0n) is 20.6. The van der Waals surface area contributed by atoms with Crippen LogP contribution >= 0.6 is 24.0 Å². The largest absolute Gasteiger partial charge is 0.490 e. The first-order valence-corrected chi connectivity index (χ1v) is 11.5. The molecular formula is C24H42IN5O2. The predicted octanol–water partition coefficient (Wildman–Crippen LogP) is 3.26. The van der Waals surface area contributed by atoms with Crippen LogP contribution in [0.4, 0.5) is 0 Å². The molecule has 1 fully saturated rings. The highest BCUT2D eigenvalue weighted by Gasteiger charge is 2.18. The van der Waals surface area contributed by atoms with Crippen molar-refractivity contribution in [2.75, 3.05) is 46.3 Å². The van der Waals surface area contributed by atoms with Gasteiger partial charge in [0.15, 0.2) is 5.96 Å². The van der Waals surface area contributed by atoms with Gasteiger partial charge < -0.3 is 20.3 Å². The number of aliphatic imine (C=N–C) groups is 1. The van der Waals surface area contributed by atoms with Crippen molar-refractivity contribution in [3.8, 4) is 5.75 Å². The summed E-state index contributed by atoms with van der Waals surface area (Å²) in [4.78, 5) is 20.1. The summed E-state index contributed by atoms with van der Waals surface area (Å²) in [6.07, 6.45) is 1.21. The maximum Gasteiger partial charge on any atom is 0.219 e. The maximum atomic E-state index is 11.4. The van der Waals surface area contributed by atoms with E-state index in [9.17, 15) is 4.79 Å². The maximum absolute atomic E-state index is 11.4. The summed E-state index contributed by atoms with van der Waals surface area (Å²) in [6.45, 7) is 16.2. The highest BCUT2D eigenvalue weighted by Crippen LogP contribution is 2.23. The summed E-state index contributed by atoms with van der Waals surface area (Å²) in [5.74, 6) is 2.50. The number of piperazine rings is 1.